The number of nitrogens with two attached hydrogens (primary N) is 1. The Labute approximate surface area is 225 Å². The van der Waals surface area contributed by atoms with Crippen molar-refractivity contribution < 1.29 is 33.4 Å². The highest BCUT2D eigenvalue weighted by atomic mass is 31.2. The summed E-state index contributed by atoms with van der Waals surface area (Å²) in [6.45, 7) is 5.62. The van der Waals surface area contributed by atoms with Gasteiger partial charge < -0.3 is 19.7 Å². The van der Waals surface area contributed by atoms with Gasteiger partial charge in [0.1, 0.15) is 11.5 Å². The molecular weight excluding hydrogens is 489 g/mol. The Morgan fingerprint density at radius 1 is 0.892 bits per heavy atom. The number of phosphoric acid groups is 1. The molecule has 3 N–H and O–H groups in total. The van der Waals surface area contributed by atoms with Gasteiger partial charge in [-0.2, -0.15) is 0 Å². The van der Waals surface area contributed by atoms with Gasteiger partial charge >= 0.3 is 7.82 Å². The van der Waals surface area contributed by atoms with Crippen LogP contribution in [0.5, 0.6) is 5.75 Å². The van der Waals surface area contributed by atoms with Crippen LogP contribution >= 0.6 is 7.82 Å². The summed E-state index contributed by atoms with van der Waals surface area (Å²) in [6.07, 6.45) is 15.5. The average Bonchev–Trinajstić information content (AvgIpc) is 2.86. The standard InChI is InChI=1S/C29H52NO6P/c1-4-5-6-7-8-9-10-11-12-14-21-34-29-18-16-27(17-19-29)24-28(23-26(2)31)25-36-37(32,33)35-22-15-13-20-30-3/h16-19,28,30H,4-15,20-25H2,1-3H3,(H,32,33)/p+1. The third-order valence-corrected chi connectivity index (χ3v) is 7.39. The summed E-state index contributed by atoms with van der Waals surface area (Å²) in [5.74, 6) is 0.664. The fraction of sp³-hybridized carbons (Fsp3) is 0.759. The van der Waals surface area contributed by atoms with Crippen molar-refractivity contribution in [2.45, 2.75) is 104 Å². The van der Waals surface area contributed by atoms with E-state index >= 15 is 0 Å². The van der Waals surface area contributed by atoms with Crippen molar-refractivity contribution in [1.29, 1.82) is 0 Å². The number of ketones is 1. The number of carbonyl (C=O) groups is 1. The first-order valence-corrected chi connectivity index (χ1v) is 16.0. The minimum absolute atomic E-state index is 0.00686. The molecule has 37 heavy (non-hydrogen) atoms. The number of benzene rings is 1. The SMILES string of the molecule is CCCCCCCCCCCCOc1ccc(CC(COP(=O)(O)OCCCC[NH2+]C)CC(C)=O)cc1. The second kappa shape index (κ2) is 21.7. The lowest BCUT2D eigenvalue weighted by molar-refractivity contribution is -0.627. The van der Waals surface area contributed by atoms with E-state index in [9.17, 15) is 14.3 Å². The summed E-state index contributed by atoms with van der Waals surface area (Å²) in [7, 11) is -2.14. The summed E-state index contributed by atoms with van der Waals surface area (Å²) >= 11 is 0. The molecule has 0 aromatic heterocycles. The molecule has 1 aromatic carbocycles. The van der Waals surface area contributed by atoms with Gasteiger partial charge in [-0.05, 0) is 56.2 Å². The molecule has 0 fully saturated rings. The first-order valence-electron chi connectivity index (χ1n) is 14.5. The predicted octanol–water partition coefficient (Wildman–Crippen LogP) is 6.23. The maximum atomic E-state index is 12.2. The van der Waals surface area contributed by atoms with E-state index in [1.165, 1.54) is 64.7 Å². The topological polar surface area (TPSA) is 98.7 Å². The van der Waals surface area contributed by atoms with Crippen LogP contribution < -0.4 is 10.1 Å². The molecule has 8 heteroatoms. The predicted molar refractivity (Wildman–Crippen MR) is 150 cm³/mol. The van der Waals surface area contributed by atoms with Crippen LogP contribution in [-0.2, 0) is 24.8 Å². The maximum absolute atomic E-state index is 12.2. The van der Waals surface area contributed by atoms with Gasteiger partial charge in [0, 0.05) is 6.42 Å². The van der Waals surface area contributed by atoms with E-state index in [2.05, 4.69) is 12.2 Å². The molecular formula is C29H53NO6P+. The summed E-state index contributed by atoms with van der Waals surface area (Å²) in [5, 5.41) is 2.05. The lowest BCUT2D eigenvalue weighted by Gasteiger charge is -2.18. The van der Waals surface area contributed by atoms with Crippen LogP contribution in [0.3, 0.4) is 0 Å². The zero-order chi connectivity index (χ0) is 27.2. The molecule has 0 aliphatic rings. The highest BCUT2D eigenvalue weighted by Crippen LogP contribution is 2.44. The van der Waals surface area contributed by atoms with E-state index in [0.29, 0.717) is 12.8 Å². The van der Waals surface area contributed by atoms with Gasteiger partial charge in [0.15, 0.2) is 0 Å². The van der Waals surface area contributed by atoms with Crippen LogP contribution in [0.2, 0.25) is 0 Å². The third-order valence-electron chi connectivity index (χ3n) is 6.41. The van der Waals surface area contributed by atoms with Crippen LogP contribution in [0.4, 0.5) is 0 Å². The monoisotopic (exact) mass is 542 g/mol. The molecule has 1 aromatic rings. The molecule has 0 spiro atoms. The molecule has 0 amide bonds. The molecule has 7 nitrogen and oxygen atoms in total. The molecule has 0 aliphatic carbocycles. The molecule has 0 heterocycles. The molecule has 214 valence electrons. The van der Waals surface area contributed by atoms with Crippen molar-refractivity contribution in [2.75, 3.05) is 33.4 Å². The van der Waals surface area contributed by atoms with Crippen molar-refractivity contribution in [3.05, 3.63) is 29.8 Å². The van der Waals surface area contributed by atoms with Crippen LogP contribution in [-0.4, -0.2) is 44.1 Å². The molecule has 0 bridgehead atoms. The van der Waals surface area contributed by atoms with E-state index in [4.69, 9.17) is 13.8 Å². The molecule has 0 saturated carbocycles. The van der Waals surface area contributed by atoms with Crippen molar-refractivity contribution in [3.63, 3.8) is 0 Å². The van der Waals surface area contributed by atoms with E-state index in [1.807, 2.05) is 31.3 Å². The quantitative estimate of drug-likeness (QED) is 0.112. The van der Waals surface area contributed by atoms with Crippen LogP contribution in [0, 0.1) is 5.92 Å². The molecule has 0 aliphatic heterocycles. The van der Waals surface area contributed by atoms with Gasteiger partial charge in [-0.3, -0.25) is 9.05 Å². The molecule has 2 unspecified atom stereocenters. The molecule has 1 rings (SSSR count). The van der Waals surface area contributed by atoms with Gasteiger partial charge in [-0.1, -0.05) is 76.8 Å². The number of quaternary nitrogens is 1. The zero-order valence-corrected chi connectivity index (χ0v) is 24.5. The number of ether oxygens (including phenoxy) is 1. The number of Topliss-reactive ketones (excluding diaryl/α,β-unsaturated/α-hetero) is 1. The first kappa shape index (κ1) is 33.8. The van der Waals surface area contributed by atoms with Crippen LogP contribution in [0.15, 0.2) is 24.3 Å². The van der Waals surface area contributed by atoms with Crippen LogP contribution in [0.25, 0.3) is 0 Å². The summed E-state index contributed by atoms with van der Waals surface area (Å²) in [6, 6.07) is 7.87. The lowest BCUT2D eigenvalue weighted by Crippen LogP contribution is -2.79. The number of unbranched alkanes of at least 4 members (excludes halogenated alkanes) is 10. The van der Waals surface area contributed by atoms with E-state index in [1.54, 1.807) is 0 Å². The number of hydrogen-bond acceptors (Lipinski definition) is 5. The Morgan fingerprint density at radius 3 is 2.08 bits per heavy atom. The van der Waals surface area contributed by atoms with Gasteiger partial charge in [0.25, 0.3) is 0 Å². The summed E-state index contributed by atoms with van der Waals surface area (Å²) < 4.78 is 28.4. The minimum Gasteiger partial charge on any atom is -0.494 e. The average molecular weight is 543 g/mol. The Kier molecular flexibility index (Phi) is 19.8. The van der Waals surface area contributed by atoms with E-state index < -0.39 is 7.82 Å². The van der Waals surface area contributed by atoms with Gasteiger partial charge in [0.2, 0.25) is 0 Å². The van der Waals surface area contributed by atoms with Gasteiger partial charge in [-0.25, -0.2) is 4.57 Å². The zero-order valence-electron chi connectivity index (χ0n) is 23.6. The molecule has 2 atom stereocenters. The lowest BCUT2D eigenvalue weighted by atomic mass is 9.95. The Bertz CT molecular complexity index is 742. The van der Waals surface area contributed by atoms with E-state index in [-0.39, 0.29) is 31.3 Å². The summed E-state index contributed by atoms with van der Waals surface area (Å²) in [5.41, 5.74) is 1.03. The van der Waals surface area contributed by atoms with Crippen LogP contribution in [0.1, 0.15) is 103 Å². The van der Waals surface area contributed by atoms with Crippen molar-refractivity contribution in [2.24, 2.45) is 5.92 Å². The van der Waals surface area contributed by atoms with Gasteiger partial charge in [0.05, 0.1) is 33.4 Å². The first-order chi connectivity index (χ1) is 17.9. The highest BCUT2D eigenvalue weighted by Gasteiger charge is 2.24. The fourth-order valence-corrected chi connectivity index (χ4v) is 5.13. The largest absolute Gasteiger partial charge is 0.494 e. The third kappa shape index (κ3) is 19.5. The van der Waals surface area contributed by atoms with E-state index in [0.717, 1.165) is 37.3 Å². The number of rotatable bonds is 25. The Balaban J connectivity index is 2.31. The number of carbonyl (C=O) groups excluding carboxylic acids is 1. The smallest absolute Gasteiger partial charge is 0.472 e. The normalized spacial score (nSPS) is 13.8. The Hall–Kier alpha value is -1.24. The second-order valence-electron chi connectivity index (χ2n) is 10.2. The fourth-order valence-electron chi connectivity index (χ4n) is 4.30. The number of hydrogen-bond donors (Lipinski definition) is 2. The van der Waals surface area contributed by atoms with Crippen molar-refractivity contribution >= 4 is 13.6 Å². The number of phosphoric ester groups is 1. The maximum Gasteiger partial charge on any atom is 0.472 e. The van der Waals surface area contributed by atoms with Crippen molar-refractivity contribution in [1.82, 2.24) is 0 Å². The summed E-state index contributed by atoms with van der Waals surface area (Å²) in [4.78, 5) is 21.7. The highest BCUT2D eigenvalue weighted by molar-refractivity contribution is 7.47. The molecule has 0 saturated heterocycles. The second-order valence-corrected chi connectivity index (χ2v) is 11.6. The minimum atomic E-state index is -4.12. The van der Waals surface area contributed by atoms with Gasteiger partial charge in [-0.15, -0.1) is 0 Å². The molecule has 0 radical (unpaired) electrons. The van der Waals surface area contributed by atoms with Crippen molar-refractivity contribution in [3.8, 4) is 5.75 Å². The Morgan fingerprint density at radius 2 is 1.49 bits per heavy atom.